The van der Waals surface area contributed by atoms with Gasteiger partial charge in [0.25, 0.3) is 0 Å². The summed E-state index contributed by atoms with van der Waals surface area (Å²) in [4.78, 5) is 11.4. The number of fused-ring (bicyclic) bond motifs is 2. The third-order valence-electron chi connectivity index (χ3n) is 6.24. The van der Waals surface area contributed by atoms with Gasteiger partial charge in [-0.15, -0.1) is 0 Å². The molecule has 1 aliphatic heterocycles. The topological polar surface area (TPSA) is 44.8 Å². The van der Waals surface area contributed by atoms with Crippen LogP contribution in [0.5, 0.6) is 5.75 Å². The standard InChI is InChI=1S/C21H28O4/c1-13-10-14(2)21(11-24-16(4)22)12-25-20(19(13)15(21)3)17-6-8-18(23-5)9-7-17/h6-10,14-15,19-20H,11-12H2,1-5H3/t14?,15?,19-,20?,21+/m0/s1. The van der Waals surface area contributed by atoms with Crippen molar-refractivity contribution in [3.63, 3.8) is 0 Å². The molecular weight excluding hydrogens is 316 g/mol. The molecule has 0 N–H and O–H groups in total. The van der Waals surface area contributed by atoms with E-state index in [1.807, 2.05) is 12.1 Å². The minimum atomic E-state index is -0.228. The summed E-state index contributed by atoms with van der Waals surface area (Å²) in [5.41, 5.74) is 2.37. The minimum absolute atomic E-state index is 0.0232. The second-order valence-electron chi connectivity index (χ2n) is 7.53. The van der Waals surface area contributed by atoms with Gasteiger partial charge in [0.15, 0.2) is 0 Å². The van der Waals surface area contributed by atoms with Gasteiger partial charge in [0.2, 0.25) is 0 Å². The van der Waals surface area contributed by atoms with E-state index in [0.717, 1.165) is 5.75 Å². The lowest BCUT2D eigenvalue weighted by Gasteiger charge is -2.55. The van der Waals surface area contributed by atoms with Crippen molar-refractivity contribution < 1.29 is 19.0 Å². The summed E-state index contributed by atoms with van der Waals surface area (Å²) < 4.78 is 17.1. The highest BCUT2D eigenvalue weighted by Crippen LogP contribution is 2.56. The Hall–Kier alpha value is -1.81. The van der Waals surface area contributed by atoms with Crippen molar-refractivity contribution in [1.29, 1.82) is 0 Å². The zero-order chi connectivity index (χ0) is 18.2. The molecule has 1 saturated heterocycles. The lowest BCUT2D eigenvalue weighted by molar-refractivity contribution is -0.180. The maximum atomic E-state index is 11.4. The summed E-state index contributed by atoms with van der Waals surface area (Å²) in [6.07, 6.45) is 2.36. The van der Waals surface area contributed by atoms with E-state index >= 15 is 0 Å². The van der Waals surface area contributed by atoms with Gasteiger partial charge in [-0.05, 0) is 36.5 Å². The molecule has 1 aliphatic carbocycles. The van der Waals surface area contributed by atoms with Crippen LogP contribution in [-0.2, 0) is 14.3 Å². The minimum Gasteiger partial charge on any atom is -0.497 e. The molecule has 0 aromatic heterocycles. The van der Waals surface area contributed by atoms with E-state index in [4.69, 9.17) is 14.2 Å². The van der Waals surface area contributed by atoms with E-state index < -0.39 is 0 Å². The first kappa shape index (κ1) is 18.0. The maximum absolute atomic E-state index is 11.4. The van der Waals surface area contributed by atoms with Gasteiger partial charge in [-0.3, -0.25) is 4.79 Å². The molecular formula is C21H28O4. The molecule has 1 aromatic rings. The van der Waals surface area contributed by atoms with Gasteiger partial charge < -0.3 is 14.2 Å². The van der Waals surface area contributed by atoms with Crippen molar-refractivity contribution >= 4 is 5.97 Å². The second kappa shape index (κ2) is 6.83. The number of allylic oxidation sites excluding steroid dienone is 1. The van der Waals surface area contributed by atoms with Crippen molar-refractivity contribution in [2.24, 2.45) is 23.2 Å². The van der Waals surface area contributed by atoms with Crippen LogP contribution < -0.4 is 4.74 Å². The predicted octanol–water partition coefficient (Wildman–Crippen LogP) is 4.16. The van der Waals surface area contributed by atoms with Gasteiger partial charge in [0, 0.05) is 18.3 Å². The lowest BCUT2D eigenvalue weighted by atomic mass is 9.56. The molecule has 0 amide bonds. The number of carbonyl (C=O) groups excluding carboxylic acids is 1. The Bertz CT molecular complexity index is 663. The molecule has 25 heavy (non-hydrogen) atoms. The third kappa shape index (κ3) is 3.08. The summed E-state index contributed by atoms with van der Waals surface area (Å²) in [7, 11) is 1.67. The molecule has 0 spiro atoms. The Labute approximate surface area is 150 Å². The molecule has 1 aromatic carbocycles. The lowest BCUT2D eigenvalue weighted by Crippen LogP contribution is -2.54. The van der Waals surface area contributed by atoms with E-state index in [9.17, 15) is 4.79 Å². The van der Waals surface area contributed by atoms with Crippen molar-refractivity contribution in [3.05, 3.63) is 41.5 Å². The maximum Gasteiger partial charge on any atom is 0.302 e. The first-order valence-electron chi connectivity index (χ1n) is 8.96. The number of carbonyl (C=O) groups is 1. The molecule has 2 bridgehead atoms. The van der Waals surface area contributed by atoms with E-state index in [2.05, 4.69) is 39.0 Å². The molecule has 0 saturated carbocycles. The van der Waals surface area contributed by atoms with Gasteiger partial charge >= 0.3 is 5.97 Å². The molecule has 1 heterocycles. The van der Waals surface area contributed by atoms with Crippen LogP contribution in [0.1, 0.15) is 39.4 Å². The Morgan fingerprint density at radius 2 is 1.96 bits per heavy atom. The van der Waals surface area contributed by atoms with Crippen LogP contribution in [-0.4, -0.2) is 26.3 Å². The fraction of sp³-hybridized carbons (Fsp3) is 0.571. The highest BCUT2D eigenvalue weighted by molar-refractivity contribution is 5.66. The first-order valence-corrected chi connectivity index (χ1v) is 8.96. The molecule has 1 fully saturated rings. The van der Waals surface area contributed by atoms with Crippen LogP contribution in [0.25, 0.3) is 0 Å². The molecule has 3 rings (SSSR count). The summed E-state index contributed by atoms with van der Waals surface area (Å²) in [6.45, 7) is 9.16. The fourth-order valence-electron chi connectivity index (χ4n) is 4.59. The Morgan fingerprint density at radius 1 is 1.28 bits per heavy atom. The molecule has 4 nitrogen and oxygen atoms in total. The van der Waals surface area contributed by atoms with Crippen LogP contribution in [0, 0.1) is 23.2 Å². The molecule has 0 radical (unpaired) electrons. The number of rotatable bonds is 4. The van der Waals surface area contributed by atoms with E-state index in [1.165, 1.54) is 18.1 Å². The van der Waals surface area contributed by atoms with Gasteiger partial charge in [-0.1, -0.05) is 37.6 Å². The monoisotopic (exact) mass is 344 g/mol. The average molecular weight is 344 g/mol. The Kier molecular flexibility index (Phi) is 4.92. The van der Waals surface area contributed by atoms with Gasteiger partial charge in [-0.25, -0.2) is 0 Å². The SMILES string of the molecule is COc1ccc(C2OC[C@]3(COC(C)=O)C(C)C=C(C)[C@H]2C3C)cc1. The number of hydrogen-bond acceptors (Lipinski definition) is 4. The van der Waals surface area contributed by atoms with E-state index in [-0.39, 0.29) is 23.4 Å². The van der Waals surface area contributed by atoms with E-state index in [1.54, 1.807) is 7.11 Å². The van der Waals surface area contributed by atoms with Crippen LogP contribution in [0.2, 0.25) is 0 Å². The number of methoxy groups -OCH3 is 1. The fourth-order valence-corrected chi connectivity index (χ4v) is 4.59. The first-order chi connectivity index (χ1) is 11.9. The van der Waals surface area contributed by atoms with Gasteiger partial charge in [-0.2, -0.15) is 0 Å². The van der Waals surface area contributed by atoms with Crippen molar-refractivity contribution in [2.45, 2.75) is 33.8 Å². The zero-order valence-electron chi connectivity index (χ0n) is 15.7. The molecule has 5 atom stereocenters. The highest BCUT2D eigenvalue weighted by atomic mass is 16.5. The van der Waals surface area contributed by atoms with Crippen LogP contribution >= 0.6 is 0 Å². The molecule has 4 heteroatoms. The van der Waals surface area contributed by atoms with Crippen LogP contribution in [0.15, 0.2) is 35.9 Å². The number of esters is 1. The normalized spacial score (nSPS) is 34.2. The highest BCUT2D eigenvalue weighted by Gasteiger charge is 2.54. The Balaban J connectivity index is 1.92. The summed E-state index contributed by atoms with van der Waals surface area (Å²) >= 11 is 0. The van der Waals surface area contributed by atoms with Gasteiger partial charge in [0.05, 0.1) is 26.4 Å². The van der Waals surface area contributed by atoms with Gasteiger partial charge in [0.1, 0.15) is 5.75 Å². The number of ether oxygens (including phenoxy) is 3. The van der Waals surface area contributed by atoms with E-state index in [0.29, 0.717) is 25.0 Å². The molecule has 2 aliphatic rings. The predicted molar refractivity (Wildman–Crippen MR) is 96.3 cm³/mol. The Morgan fingerprint density at radius 3 is 2.56 bits per heavy atom. The number of hydrogen-bond donors (Lipinski definition) is 0. The second-order valence-corrected chi connectivity index (χ2v) is 7.53. The third-order valence-corrected chi connectivity index (χ3v) is 6.24. The summed E-state index contributed by atoms with van der Waals surface area (Å²) in [6, 6.07) is 8.13. The molecule has 136 valence electrons. The zero-order valence-corrected chi connectivity index (χ0v) is 15.7. The van der Waals surface area contributed by atoms with Crippen molar-refractivity contribution in [1.82, 2.24) is 0 Å². The van der Waals surface area contributed by atoms with Crippen molar-refractivity contribution in [3.8, 4) is 5.75 Å². The van der Waals surface area contributed by atoms with Crippen molar-refractivity contribution in [2.75, 3.05) is 20.3 Å². The average Bonchev–Trinajstić information content (AvgIpc) is 2.59. The largest absolute Gasteiger partial charge is 0.497 e. The van der Waals surface area contributed by atoms with Crippen LogP contribution in [0.3, 0.4) is 0 Å². The smallest absolute Gasteiger partial charge is 0.302 e. The quantitative estimate of drug-likeness (QED) is 0.607. The number of benzene rings is 1. The summed E-state index contributed by atoms with van der Waals surface area (Å²) in [5.74, 6) is 1.59. The summed E-state index contributed by atoms with van der Waals surface area (Å²) in [5, 5.41) is 0. The van der Waals surface area contributed by atoms with Crippen LogP contribution in [0.4, 0.5) is 0 Å². The molecule has 3 unspecified atom stereocenters.